The van der Waals surface area contributed by atoms with E-state index in [1.54, 1.807) is 6.92 Å². The molecule has 0 radical (unpaired) electrons. The lowest BCUT2D eigenvalue weighted by Gasteiger charge is -2.27. The number of ether oxygens (including phenoxy) is 2. The first-order valence-electron chi connectivity index (χ1n) is 8.95. The fourth-order valence-corrected chi connectivity index (χ4v) is 3.39. The highest BCUT2D eigenvalue weighted by atomic mass is 16.5. The van der Waals surface area contributed by atoms with Crippen molar-refractivity contribution in [2.45, 2.75) is 45.6 Å². The van der Waals surface area contributed by atoms with Crippen molar-refractivity contribution in [3.05, 3.63) is 42.0 Å². The van der Waals surface area contributed by atoms with E-state index in [9.17, 15) is 9.59 Å². The van der Waals surface area contributed by atoms with E-state index in [2.05, 4.69) is 0 Å². The van der Waals surface area contributed by atoms with E-state index in [1.165, 1.54) is 0 Å². The fraction of sp³-hybridized carbons (Fsp3) is 0.429. The Balaban J connectivity index is 1.63. The summed E-state index contributed by atoms with van der Waals surface area (Å²) in [6, 6.07) is 11.7. The predicted octanol–water partition coefficient (Wildman–Crippen LogP) is 4.54. The summed E-state index contributed by atoms with van der Waals surface area (Å²) in [6.45, 7) is 3.86. The van der Waals surface area contributed by atoms with Crippen LogP contribution in [0, 0.1) is 5.92 Å². The number of ketones is 1. The average Bonchev–Trinajstić information content (AvgIpc) is 2.62. The standard InChI is InChI=1S/C21H24O4/c1-3-24-21(23)15-6-9-19(10-7-15)25-20-11-8-17-12-16(14(2)22)4-5-18(17)13-20/h4-5,8,11-13,15,19H,3,6-7,9-10H2,1-2H3. The molecule has 0 atom stereocenters. The van der Waals surface area contributed by atoms with Crippen LogP contribution in [-0.4, -0.2) is 24.5 Å². The summed E-state index contributed by atoms with van der Waals surface area (Å²) >= 11 is 0. The molecule has 4 heteroatoms. The van der Waals surface area contributed by atoms with E-state index < -0.39 is 0 Å². The predicted molar refractivity (Wildman–Crippen MR) is 97.0 cm³/mol. The van der Waals surface area contributed by atoms with Crippen molar-refractivity contribution >= 4 is 22.5 Å². The molecule has 0 bridgehead atoms. The summed E-state index contributed by atoms with van der Waals surface area (Å²) in [5.74, 6) is 0.845. The molecule has 0 N–H and O–H groups in total. The molecular weight excluding hydrogens is 316 g/mol. The van der Waals surface area contributed by atoms with Crippen LogP contribution < -0.4 is 4.74 Å². The van der Waals surface area contributed by atoms with Crippen LogP contribution in [0.15, 0.2) is 36.4 Å². The summed E-state index contributed by atoms with van der Waals surface area (Å²) in [5, 5.41) is 2.09. The molecule has 0 heterocycles. The van der Waals surface area contributed by atoms with Crippen LogP contribution in [0.3, 0.4) is 0 Å². The zero-order chi connectivity index (χ0) is 17.8. The zero-order valence-electron chi connectivity index (χ0n) is 14.8. The maximum absolute atomic E-state index is 11.8. The van der Waals surface area contributed by atoms with Crippen LogP contribution >= 0.6 is 0 Å². The number of hydrogen-bond donors (Lipinski definition) is 0. The Morgan fingerprint density at radius 3 is 2.36 bits per heavy atom. The first-order chi connectivity index (χ1) is 12.1. The van der Waals surface area contributed by atoms with Crippen LogP contribution in [0.5, 0.6) is 5.75 Å². The highest BCUT2D eigenvalue weighted by Gasteiger charge is 2.28. The Hall–Kier alpha value is -2.36. The van der Waals surface area contributed by atoms with Gasteiger partial charge in [0.25, 0.3) is 0 Å². The lowest BCUT2D eigenvalue weighted by Crippen LogP contribution is -2.29. The van der Waals surface area contributed by atoms with Gasteiger partial charge in [0.15, 0.2) is 5.78 Å². The second-order valence-corrected chi connectivity index (χ2v) is 6.62. The number of carbonyl (C=O) groups is 2. The van der Waals surface area contributed by atoms with E-state index >= 15 is 0 Å². The lowest BCUT2D eigenvalue weighted by molar-refractivity contribution is -0.149. The van der Waals surface area contributed by atoms with Gasteiger partial charge in [-0.3, -0.25) is 9.59 Å². The molecule has 1 aliphatic carbocycles. The molecule has 132 valence electrons. The van der Waals surface area contributed by atoms with Crippen molar-refractivity contribution in [2.75, 3.05) is 6.61 Å². The molecule has 0 saturated heterocycles. The van der Waals surface area contributed by atoms with Crippen LogP contribution in [-0.2, 0) is 9.53 Å². The van der Waals surface area contributed by atoms with E-state index in [0.29, 0.717) is 6.61 Å². The third kappa shape index (κ3) is 4.19. The molecule has 25 heavy (non-hydrogen) atoms. The van der Waals surface area contributed by atoms with E-state index in [4.69, 9.17) is 9.47 Å². The zero-order valence-corrected chi connectivity index (χ0v) is 14.8. The van der Waals surface area contributed by atoms with Gasteiger partial charge in [-0.05, 0) is 68.5 Å². The van der Waals surface area contributed by atoms with Crippen molar-refractivity contribution in [3.63, 3.8) is 0 Å². The maximum atomic E-state index is 11.8. The molecule has 0 unspecified atom stereocenters. The minimum Gasteiger partial charge on any atom is -0.490 e. The molecule has 4 nitrogen and oxygen atoms in total. The quantitative estimate of drug-likeness (QED) is 0.592. The Labute approximate surface area is 148 Å². The van der Waals surface area contributed by atoms with Gasteiger partial charge in [-0.25, -0.2) is 0 Å². The second-order valence-electron chi connectivity index (χ2n) is 6.62. The minimum absolute atomic E-state index is 0.0152. The normalized spacial score (nSPS) is 20.2. The van der Waals surface area contributed by atoms with Gasteiger partial charge in [0, 0.05) is 5.56 Å². The van der Waals surface area contributed by atoms with Crippen LogP contribution in [0.25, 0.3) is 10.8 Å². The van der Waals surface area contributed by atoms with Crippen molar-refractivity contribution in [2.24, 2.45) is 5.92 Å². The summed E-state index contributed by atoms with van der Waals surface area (Å²) in [7, 11) is 0. The maximum Gasteiger partial charge on any atom is 0.308 e. The molecule has 0 aromatic heterocycles. The smallest absolute Gasteiger partial charge is 0.308 e. The fourth-order valence-electron chi connectivity index (χ4n) is 3.39. The Morgan fingerprint density at radius 2 is 1.68 bits per heavy atom. The van der Waals surface area contributed by atoms with Crippen molar-refractivity contribution in [1.29, 1.82) is 0 Å². The Morgan fingerprint density at radius 1 is 1.00 bits per heavy atom. The van der Waals surface area contributed by atoms with Gasteiger partial charge < -0.3 is 9.47 Å². The van der Waals surface area contributed by atoms with Crippen LogP contribution in [0.4, 0.5) is 0 Å². The van der Waals surface area contributed by atoms with Gasteiger partial charge >= 0.3 is 5.97 Å². The third-order valence-corrected chi connectivity index (χ3v) is 4.82. The van der Waals surface area contributed by atoms with Crippen molar-refractivity contribution in [3.8, 4) is 5.75 Å². The van der Waals surface area contributed by atoms with Crippen molar-refractivity contribution in [1.82, 2.24) is 0 Å². The summed E-state index contributed by atoms with van der Waals surface area (Å²) in [5.41, 5.74) is 0.721. The van der Waals surface area contributed by atoms with Gasteiger partial charge in [0.1, 0.15) is 5.75 Å². The molecule has 1 fully saturated rings. The lowest BCUT2D eigenvalue weighted by atomic mass is 9.87. The number of carbonyl (C=O) groups excluding carboxylic acids is 2. The average molecular weight is 340 g/mol. The molecule has 1 aliphatic rings. The number of esters is 1. The van der Waals surface area contributed by atoms with E-state index in [1.807, 2.05) is 43.3 Å². The monoisotopic (exact) mass is 340 g/mol. The molecule has 2 aromatic rings. The summed E-state index contributed by atoms with van der Waals surface area (Å²) in [4.78, 5) is 23.3. The minimum atomic E-state index is -0.0760. The largest absolute Gasteiger partial charge is 0.490 e. The summed E-state index contributed by atoms with van der Waals surface area (Å²) in [6.07, 6.45) is 3.51. The number of fused-ring (bicyclic) bond motifs is 1. The Bertz CT molecular complexity index is 773. The number of benzene rings is 2. The molecular formula is C21H24O4. The van der Waals surface area contributed by atoms with Gasteiger partial charge in [-0.1, -0.05) is 18.2 Å². The highest BCUT2D eigenvalue weighted by Crippen LogP contribution is 2.30. The summed E-state index contributed by atoms with van der Waals surface area (Å²) < 4.78 is 11.2. The molecule has 0 amide bonds. The molecule has 0 aliphatic heterocycles. The van der Waals surface area contributed by atoms with Gasteiger partial charge in [0.2, 0.25) is 0 Å². The van der Waals surface area contributed by atoms with Gasteiger partial charge in [-0.2, -0.15) is 0 Å². The second kappa shape index (κ2) is 7.68. The SMILES string of the molecule is CCOC(=O)C1CCC(Oc2ccc3cc(C(C)=O)ccc3c2)CC1. The molecule has 1 saturated carbocycles. The first kappa shape index (κ1) is 17.5. The number of rotatable bonds is 5. The molecule has 0 spiro atoms. The van der Waals surface area contributed by atoms with Crippen molar-refractivity contribution < 1.29 is 19.1 Å². The number of Topliss-reactive ketones (excluding diaryl/α,β-unsaturated/α-hetero) is 1. The molecule has 2 aromatic carbocycles. The number of hydrogen-bond acceptors (Lipinski definition) is 4. The third-order valence-electron chi connectivity index (χ3n) is 4.82. The Kier molecular flexibility index (Phi) is 5.37. The van der Waals surface area contributed by atoms with Crippen LogP contribution in [0.1, 0.15) is 49.9 Å². The van der Waals surface area contributed by atoms with E-state index in [0.717, 1.165) is 47.8 Å². The van der Waals surface area contributed by atoms with Gasteiger partial charge in [-0.15, -0.1) is 0 Å². The van der Waals surface area contributed by atoms with E-state index in [-0.39, 0.29) is 23.8 Å². The van der Waals surface area contributed by atoms with Gasteiger partial charge in [0.05, 0.1) is 18.6 Å². The topological polar surface area (TPSA) is 52.6 Å². The first-order valence-corrected chi connectivity index (χ1v) is 8.95. The van der Waals surface area contributed by atoms with Crippen LogP contribution in [0.2, 0.25) is 0 Å². The molecule has 3 rings (SSSR count). The highest BCUT2D eigenvalue weighted by molar-refractivity contribution is 5.98.